The van der Waals surface area contributed by atoms with Crippen LogP contribution in [0.3, 0.4) is 0 Å². The fourth-order valence-corrected chi connectivity index (χ4v) is 5.10. The van der Waals surface area contributed by atoms with E-state index in [1.54, 1.807) is 7.11 Å². The van der Waals surface area contributed by atoms with E-state index in [-0.39, 0.29) is 11.4 Å². The highest BCUT2D eigenvalue weighted by molar-refractivity contribution is 5.95. The van der Waals surface area contributed by atoms with E-state index in [2.05, 4.69) is 52.2 Å². The number of likely N-dealkylation sites (tertiary alicyclic amines) is 1. The number of carbonyl (C=O) groups is 1. The molecular weight excluding hydrogens is 398 g/mol. The second-order valence-electron chi connectivity index (χ2n) is 8.92. The van der Waals surface area contributed by atoms with E-state index in [9.17, 15) is 4.79 Å². The van der Waals surface area contributed by atoms with Crippen molar-refractivity contribution in [3.05, 3.63) is 66.4 Å². The lowest BCUT2D eigenvalue weighted by molar-refractivity contribution is -0.121. The molecule has 0 atom stereocenters. The number of benzene rings is 2. The van der Waals surface area contributed by atoms with E-state index < -0.39 is 0 Å². The third-order valence-electron chi connectivity index (χ3n) is 6.77. The van der Waals surface area contributed by atoms with Crippen molar-refractivity contribution >= 4 is 22.5 Å². The summed E-state index contributed by atoms with van der Waals surface area (Å²) in [5, 5.41) is 1.32. The van der Waals surface area contributed by atoms with Crippen LogP contribution in [0.1, 0.15) is 38.2 Å². The van der Waals surface area contributed by atoms with Gasteiger partial charge in [0.2, 0.25) is 5.91 Å². The second-order valence-corrected chi connectivity index (χ2v) is 8.92. The zero-order valence-corrected chi connectivity index (χ0v) is 19.3. The minimum Gasteiger partial charge on any atom is -0.382 e. The molecule has 0 radical (unpaired) electrons. The van der Waals surface area contributed by atoms with Crippen LogP contribution in [0.15, 0.2) is 60.8 Å². The molecule has 1 aliphatic heterocycles. The molecule has 170 valence electrons. The number of hydrogen-bond acceptors (Lipinski definition) is 3. The van der Waals surface area contributed by atoms with Crippen molar-refractivity contribution in [2.45, 2.75) is 44.6 Å². The lowest BCUT2D eigenvalue weighted by Gasteiger charge is -2.48. The van der Waals surface area contributed by atoms with E-state index in [1.807, 2.05) is 30.3 Å². The topological polar surface area (TPSA) is 48.6 Å². The predicted molar refractivity (Wildman–Crippen MR) is 131 cm³/mol. The highest BCUT2D eigenvalue weighted by Gasteiger charge is 2.43. The molecule has 4 rings (SSSR count). The maximum Gasteiger partial charge on any atom is 0.227 e. The van der Waals surface area contributed by atoms with Gasteiger partial charge in [-0.25, -0.2) is 0 Å². The smallest absolute Gasteiger partial charge is 0.227 e. The van der Waals surface area contributed by atoms with Crippen LogP contribution in [-0.2, 0) is 16.0 Å². The van der Waals surface area contributed by atoms with Crippen LogP contribution in [0, 0.1) is 0 Å². The van der Waals surface area contributed by atoms with Crippen LogP contribution < -0.4 is 4.90 Å². The van der Waals surface area contributed by atoms with Gasteiger partial charge >= 0.3 is 0 Å². The number of H-pyrrole nitrogens is 1. The number of amides is 1. The molecule has 5 nitrogen and oxygen atoms in total. The lowest BCUT2D eigenvalue weighted by atomic mass is 9.85. The molecule has 0 saturated carbocycles. The Hall–Kier alpha value is -2.63. The average Bonchev–Trinajstić information content (AvgIpc) is 3.23. The summed E-state index contributed by atoms with van der Waals surface area (Å²) in [5.41, 5.74) is 3.27. The minimum atomic E-state index is -0.292. The number of para-hydroxylation sites is 2. The molecule has 1 fully saturated rings. The van der Waals surface area contributed by atoms with Crippen molar-refractivity contribution in [1.29, 1.82) is 0 Å². The Labute approximate surface area is 191 Å². The van der Waals surface area contributed by atoms with Gasteiger partial charge in [-0.1, -0.05) is 43.3 Å². The number of aromatic nitrogens is 1. The van der Waals surface area contributed by atoms with Gasteiger partial charge in [0, 0.05) is 56.0 Å². The maximum atomic E-state index is 13.3. The minimum absolute atomic E-state index is 0.197. The molecule has 32 heavy (non-hydrogen) atoms. The van der Waals surface area contributed by atoms with Gasteiger partial charge in [0.05, 0.1) is 12.1 Å². The van der Waals surface area contributed by atoms with Gasteiger partial charge in [0.1, 0.15) is 0 Å². The quantitative estimate of drug-likeness (QED) is 0.515. The predicted octanol–water partition coefficient (Wildman–Crippen LogP) is 5.02. The summed E-state index contributed by atoms with van der Waals surface area (Å²) in [7, 11) is 1.75. The van der Waals surface area contributed by atoms with Crippen molar-refractivity contribution < 1.29 is 9.53 Å². The Bertz CT molecular complexity index is 1010. The fourth-order valence-electron chi connectivity index (χ4n) is 5.10. The second kappa shape index (κ2) is 10.3. The number of carbonyl (C=O) groups excluding carboxylic acids is 1. The third-order valence-corrected chi connectivity index (χ3v) is 6.77. The zero-order chi connectivity index (χ0) is 22.4. The number of fused-ring (bicyclic) bond motifs is 1. The fraction of sp³-hybridized carbons (Fsp3) is 0.444. The summed E-state index contributed by atoms with van der Waals surface area (Å²) in [6.45, 7) is 5.59. The van der Waals surface area contributed by atoms with Gasteiger partial charge < -0.3 is 19.5 Å². The van der Waals surface area contributed by atoms with Crippen LogP contribution in [0.2, 0.25) is 0 Å². The van der Waals surface area contributed by atoms with E-state index in [0.717, 1.165) is 51.0 Å². The highest BCUT2D eigenvalue weighted by Crippen LogP contribution is 2.35. The van der Waals surface area contributed by atoms with Crippen LogP contribution in [0.4, 0.5) is 5.69 Å². The van der Waals surface area contributed by atoms with E-state index in [1.165, 1.54) is 16.5 Å². The number of rotatable bonds is 9. The largest absolute Gasteiger partial charge is 0.382 e. The Morgan fingerprint density at radius 3 is 2.53 bits per heavy atom. The summed E-state index contributed by atoms with van der Waals surface area (Å²) in [4.78, 5) is 21.2. The van der Waals surface area contributed by atoms with Gasteiger partial charge in [-0.15, -0.1) is 0 Å². The molecule has 2 aromatic carbocycles. The van der Waals surface area contributed by atoms with Crippen LogP contribution in [0.25, 0.3) is 10.9 Å². The molecule has 2 heterocycles. The molecule has 1 saturated heterocycles. The van der Waals surface area contributed by atoms with E-state index in [0.29, 0.717) is 13.0 Å². The normalized spacial score (nSPS) is 16.3. The maximum absolute atomic E-state index is 13.3. The highest BCUT2D eigenvalue weighted by atomic mass is 16.5. The van der Waals surface area contributed by atoms with Gasteiger partial charge in [-0.3, -0.25) is 4.79 Å². The van der Waals surface area contributed by atoms with Gasteiger partial charge in [-0.05, 0) is 49.4 Å². The van der Waals surface area contributed by atoms with Crippen molar-refractivity contribution in [2.24, 2.45) is 0 Å². The number of aromatic amines is 1. The number of nitrogens with one attached hydrogen (secondary N) is 1. The third kappa shape index (κ3) is 4.74. The molecule has 1 aromatic heterocycles. The summed E-state index contributed by atoms with van der Waals surface area (Å²) in [5.74, 6) is 0.197. The summed E-state index contributed by atoms with van der Waals surface area (Å²) >= 11 is 0. The molecule has 0 bridgehead atoms. The van der Waals surface area contributed by atoms with Gasteiger partial charge in [-0.2, -0.15) is 0 Å². The Morgan fingerprint density at radius 2 is 1.81 bits per heavy atom. The number of ether oxygens (including phenoxy) is 1. The van der Waals surface area contributed by atoms with Crippen LogP contribution in [0.5, 0.6) is 0 Å². The first-order chi connectivity index (χ1) is 15.7. The molecule has 0 spiro atoms. The number of methoxy groups -OCH3 is 1. The monoisotopic (exact) mass is 433 g/mol. The van der Waals surface area contributed by atoms with Crippen molar-refractivity contribution in [3.63, 3.8) is 0 Å². The lowest BCUT2D eigenvalue weighted by Crippen LogP contribution is -2.60. The molecule has 0 unspecified atom stereocenters. The van der Waals surface area contributed by atoms with Crippen LogP contribution in [-0.4, -0.2) is 54.7 Å². The Morgan fingerprint density at radius 1 is 1.09 bits per heavy atom. The van der Waals surface area contributed by atoms with Crippen LogP contribution >= 0.6 is 0 Å². The number of piperidine rings is 1. The molecule has 1 aliphatic rings. The summed E-state index contributed by atoms with van der Waals surface area (Å²) in [6.07, 6.45) is 6.41. The van der Waals surface area contributed by atoms with E-state index >= 15 is 0 Å². The first kappa shape index (κ1) is 22.6. The molecule has 5 heteroatoms. The Kier molecular flexibility index (Phi) is 7.28. The SMILES string of the molecule is CCCC(=O)N(c1ccccc1)C1(COC)CCN(CCc2c[nH]c3ccccc23)CC1. The molecule has 3 aromatic rings. The Balaban J connectivity index is 1.47. The first-order valence-electron chi connectivity index (χ1n) is 11.8. The molecular formula is C27H35N3O2. The van der Waals surface area contributed by atoms with Crippen molar-refractivity contribution in [1.82, 2.24) is 9.88 Å². The molecule has 1 amide bonds. The van der Waals surface area contributed by atoms with Crippen molar-refractivity contribution in [2.75, 3.05) is 38.3 Å². The number of anilines is 1. The number of hydrogen-bond donors (Lipinski definition) is 1. The van der Waals surface area contributed by atoms with Gasteiger partial charge in [0.15, 0.2) is 0 Å². The zero-order valence-electron chi connectivity index (χ0n) is 19.3. The van der Waals surface area contributed by atoms with E-state index in [4.69, 9.17) is 4.74 Å². The molecule has 1 N–H and O–H groups in total. The standard InChI is InChI=1S/C27H35N3O2/c1-3-9-26(31)30(23-10-5-4-6-11-23)27(21-32-2)15-18-29(19-16-27)17-14-22-20-28-25-13-8-7-12-24(22)25/h4-8,10-13,20,28H,3,9,14-19,21H2,1-2H3. The summed E-state index contributed by atoms with van der Waals surface area (Å²) < 4.78 is 5.70. The average molecular weight is 434 g/mol. The first-order valence-corrected chi connectivity index (χ1v) is 11.8. The van der Waals surface area contributed by atoms with Crippen molar-refractivity contribution in [3.8, 4) is 0 Å². The number of nitrogens with zero attached hydrogens (tertiary/aromatic N) is 2. The molecule has 0 aliphatic carbocycles. The summed E-state index contributed by atoms with van der Waals surface area (Å²) in [6, 6.07) is 18.6. The van der Waals surface area contributed by atoms with Gasteiger partial charge in [0.25, 0.3) is 0 Å².